The molecule has 1 atom stereocenters. The number of carbonyl (C=O) groups is 2. The first-order chi connectivity index (χ1) is 12.3. The molecule has 0 aromatic heterocycles. The van der Waals surface area contributed by atoms with Crippen LogP contribution in [0.25, 0.3) is 0 Å². The summed E-state index contributed by atoms with van der Waals surface area (Å²) in [6.45, 7) is 0. The minimum Gasteiger partial charge on any atom is -0.285 e. The molecule has 1 heterocycles. The molecular formula is C18H12ClNO4S2. The molecule has 1 fully saturated rings. The monoisotopic (exact) mass is 405 g/mol. The van der Waals surface area contributed by atoms with Crippen molar-refractivity contribution in [2.45, 2.75) is 15.4 Å². The Kier molecular flexibility index (Phi) is 5.10. The molecule has 0 aliphatic carbocycles. The summed E-state index contributed by atoms with van der Waals surface area (Å²) in [6.07, 6.45) is -0.334. The first kappa shape index (κ1) is 18.5. The fourth-order valence-electron chi connectivity index (χ4n) is 2.42. The van der Waals surface area contributed by atoms with Gasteiger partial charge in [0.2, 0.25) is 13.9 Å². The third kappa shape index (κ3) is 3.36. The Hall–Kier alpha value is -2.27. The van der Waals surface area contributed by atoms with Gasteiger partial charge in [0.15, 0.2) is 0 Å². The van der Waals surface area contributed by atoms with Crippen LogP contribution in [-0.4, -0.2) is 23.6 Å². The molecule has 1 saturated heterocycles. The number of amides is 2. The van der Waals surface area contributed by atoms with Gasteiger partial charge in [0, 0.05) is 17.0 Å². The number of hydrogen-bond donors (Lipinski definition) is 1. The molecular weight excluding hydrogens is 394 g/mol. The highest BCUT2D eigenvalue weighted by atomic mass is 35.5. The zero-order valence-corrected chi connectivity index (χ0v) is 15.6. The van der Waals surface area contributed by atoms with Gasteiger partial charge in [0.05, 0.1) is 4.90 Å². The van der Waals surface area contributed by atoms with Crippen molar-refractivity contribution in [1.29, 1.82) is 0 Å². The van der Waals surface area contributed by atoms with Crippen molar-refractivity contribution in [2.75, 3.05) is 0 Å². The maximum atomic E-state index is 13.1. The van der Waals surface area contributed by atoms with Crippen LogP contribution in [0.3, 0.4) is 0 Å². The molecule has 1 aliphatic rings. The first-order valence-corrected chi connectivity index (χ1v) is 10.1. The van der Waals surface area contributed by atoms with E-state index in [1.807, 2.05) is 0 Å². The van der Waals surface area contributed by atoms with Crippen LogP contribution in [0, 0.1) is 11.8 Å². The lowest BCUT2D eigenvalue weighted by atomic mass is 10.2. The number of carbonyl (C=O) groups excluding carboxylic acids is 2. The lowest BCUT2D eigenvalue weighted by Crippen LogP contribution is -2.43. The maximum absolute atomic E-state index is 13.1. The van der Waals surface area contributed by atoms with Gasteiger partial charge in [-0.15, -0.1) is 0 Å². The SMILES string of the molecule is O=C1NC(=O)C(CC#Cc2cccc(Cl)c2)(S(=O)(=O)c2ccccc2)S1. The van der Waals surface area contributed by atoms with Gasteiger partial charge in [-0.1, -0.05) is 47.7 Å². The predicted molar refractivity (Wildman–Crippen MR) is 100 cm³/mol. The van der Waals surface area contributed by atoms with Gasteiger partial charge >= 0.3 is 0 Å². The van der Waals surface area contributed by atoms with E-state index in [9.17, 15) is 18.0 Å². The van der Waals surface area contributed by atoms with Gasteiger partial charge in [0.1, 0.15) is 0 Å². The summed E-state index contributed by atoms with van der Waals surface area (Å²) in [7, 11) is -4.14. The van der Waals surface area contributed by atoms with E-state index in [0.29, 0.717) is 22.3 Å². The van der Waals surface area contributed by atoms with Crippen molar-refractivity contribution in [3.05, 3.63) is 65.2 Å². The van der Waals surface area contributed by atoms with E-state index in [2.05, 4.69) is 17.2 Å². The van der Waals surface area contributed by atoms with Gasteiger partial charge in [-0.05, 0) is 42.1 Å². The van der Waals surface area contributed by atoms with E-state index in [4.69, 9.17) is 11.6 Å². The molecule has 2 aromatic carbocycles. The first-order valence-electron chi connectivity index (χ1n) is 7.44. The number of sulfone groups is 1. The summed E-state index contributed by atoms with van der Waals surface area (Å²) in [5.74, 6) is 4.63. The van der Waals surface area contributed by atoms with E-state index in [1.54, 1.807) is 42.5 Å². The van der Waals surface area contributed by atoms with E-state index in [0.717, 1.165) is 0 Å². The molecule has 5 nitrogen and oxygen atoms in total. The zero-order valence-electron chi connectivity index (χ0n) is 13.2. The van der Waals surface area contributed by atoms with E-state index in [1.165, 1.54) is 12.1 Å². The number of nitrogens with one attached hydrogen (secondary N) is 1. The third-order valence-corrected chi connectivity index (χ3v) is 7.87. The summed E-state index contributed by atoms with van der Waals surface area (Å²) >= 11 is 6.34. The second kappa shape index (κ2) is 7.16. The third-order valence-electron chi connectivity index (χ3n) is 3.69. The van der Waals surface area contributed by atoms with Crippen LogP contribution >= 0.6 is 23.4 Å². The highest BCUT2D eigenvalue weighted by Crippen LogP contribution is 2.43. The average molecular weight is 406 g/mol. The zero-order chi connectivity index (χ0) is 18.8. The summed E-state index contributed by atoms with van der Waals surface area (Å²) in [4.78, 5) is 24.1. The summed E-state index contributed by atoms with van der Waals surface area (Å²) in [5.41, 5.74) is 0.583. The molecule has 2 aromatic rings. The average Bonchev–Trinajstić information content (AvgIpc) is 2.91. The summed E-state index contributed by atoms with van der Waals surface area (Å²) in [5, 5.41) is 1.84. The highest BCUT2D eigenvalue weighted by molar-refractivity contribution is 8.25. The Morgan fingerprint density at radius 3 is 2.42 bits per heavy atom. The van der Waals surface area contributed by atoms with Crippen molar-refractivity contribution >= 4 is 44.3 Å². The van der Waals surface area contributed by atoms with Crippen molar-refractivity contribution < 1.29 is 18.0 Å². The van der Waals surface area contributed by atoms with Crippen LogP contribution in [0.4, 0.5) is 4.79 Å². The Bertz CT molecular complexity index is 1040. The number of hydrogen-bond acceptors (Lipinski definition) is 5. The molecule has 1 N–H and O–H groups in total. The molecule has 0 spiro atoms. The van der Waals surface area contributed by atoms with Gasteiger partial charge in [0.25, 0.3) is 11.1 Å². The fraction of sp³-hybridized carbons (Fsp3) is 0.111. The van der Waals surface area contributed by atoms with Gasteiger partial charge in [-0.2, -0.15) is 0 Å². The fourth-order valence-corrected chi connectivity index (χ4v) is 5.75. The minimum atomic E-state index is -4.14. The van der Waals surface area contributed by atoms with Crippen molar-refractivity contribution in [1.82, 2.24) is 5.32 Å². The van der Waals surface area contributed by atoms with E-state index < -0.39 is 25.1 Å². The van der Waals surface area contributed by atoms with Crippen LogP contribution in [0.15, 0.2) is 59.5 Å². The number of halogens is 1. The number of benzene rings is 2. The van der Waals surface area contributed by atoms with Gasteiger partial charge in [-0.3, -0.25) is 14.9 Å². The molecule has 0 radical (unpaired) electrons. The lowest BCUT2D eigenvalue weighted by Gasteiger charge is -2.21. The molecule has 1 aliphatic heterocycles. The van der Waals surface area contributed by atoms with Crippen LogP contribution in [0.1, 0.15) is 12.0 Å². The number of thioether (sulfide) groups is 1. The van der Waals surface area contributed by atoms with Crippen molar-refractivity contribution in [3.63, 3.8) is 0 Å². The summed E-state index contributed by atoms with van der Waals surface area (Å²) < 4.78 is 24.2. The molecule has 2 amide bonds. The van der Waals surface area contributed by atoms with Gasteiger partial charge in [-0.25, -0.2) is 8.42 Å². The van der Waals surface area contributed by atoms with Crippen LogP contribution in [-0.2, 0) is 14.6 Å². The topological polar surface area (TPSA) is 80.3 Å². The molecule has 0 bridgehead atoms. The summed E-state index contributed by atoms with van der Waals surface area (Å²) in [6, 6.07) is 14.3. The quantitative estimate of drug-likeness (QED) is 0.793. The Labute approximate surface area is 160 Å². The van der Waals surface area contributed by atoms with Crippen molar-refractivity contribution in [3.8, 4) is 11.8 Å². The standard InChI is InChI=1S/C18H12ClNO4S2/c19-14-8-4-6-13(12-14)7-5-11-18(16(21)20-17(22)25-18)26(23,24)15-9-2-1-3-10-15/h1-4,6,8-10,12H,11H2,(H,20,21,22). The van der Waals surface area contributed by atoms with E-state index in [-0.39, 0.29) is 11.3 Å². The smallest absolute Gasteiger partial charge is 0.285 e. The highest BCUT2D eigenvalue weighted by Gasteiger charge is 2.58. The second-order valence-electron chi connectivity index (χ2n) is 5.40. The Morgan fingerprint density at radius 1 is 1.08 bits per heavy atom. The second-order valence-corrected chi connectivity index (χ2v) is 9.54. The van der Waals surface area contributed by atoms with Gasteiger partial charge < -0.3 is 0 Å². The largest absolute Gasteiger partial charge is 0.287 e. The normalized spacial score (nSPS) is 19.6. The minimum absolute atomic E-state index is 0.0399. The number of imide groups is 1. The molecule has 8 heteroatoms. The Balaban J connectivity index is 2.02. The lowest BCUT2D eigenvalue weighted by molar-refractivity contribution is -0.119. The van der Waals surface area contributed by atoms with Crippen molar-refractivity contribution in [2.24, 2.45) is 0 Å². The molecule has 1 unspecified atom stereocenters. The molecule has 132 valence electrons. The maximum Gasteiger partial charge on any atom is 0.287 e. The molecule has 26 heavy (non-hydrogen) atoms. The van der Waals surface area contributed by atoms with Crippen LogP contribution in [0.2, 0.25) is 5.02 Å². The molecule has 0 saturated carbocycles. The predicted octanol–water partition coefficient (Wildman–Crippen LogP) is 3.23. The molecule has 3 rings (SSSR count). The Morgan fingerprint density at radius 2 is 1.81 bits per heavy atom. The van der Waals surface area contributed by atoms with E-state index >= 15 is 0 Å². The number of rotatable bonds is 3. The van der Waals surface area contributed by atoms with Crippen LogP contribution in [0.5, 0.6) is 0 Å². The van der Waals surface area contributed by atoms with Crippen LogP contribution < -0.4 is 5.32 Å².